The van der Waals surface area contributed by atoms with Crippen LogP contribution in [-0.4, -0.2) is 44.3 Å². The Morgan fingerprint density at radius 3 is 2.73 bits per heavy atom. The minimum absolute atomic E-state index is 0.472. The van der Waals surface area contributed by atoms with Crippen molar-refractivity contribution >= 4 is 0 Å². The van der Waals surface area contributed by atoms with Crippen LogP contribution in [0.4, 0.5) is 0 Å². The quantitative estimate of drug-likeness (QED) is 0.745. The second kappa shape index (κ2) is 4.81. The van der Waals surface area contributed by atoms with Crippen molar-refractivity contribution in [2.24, 2.45) is 11.1 Å². The second-order valence-electron chi connectivity index (χ2n) is 5.25. The van der Waals surface area contributed by atoms with Crippen LogP contribution in [0.5, 0.6) is 0 Å². The minimum atomic E-state index is 0.472. The molecule has 3 heteroatoms. The maximum atomic E-state index is 5.86. The van der Waals surface area contributed by atoms with Crippen LogP contribution in [0.3, 0.4) is 0 Å². The highest BCUT2D eigenvalue weighted by molar-refractivity contribution is 4.90. The number of nitrogens with two attached hydrogens (primary N) is 1. The van der Waals surface area contributed by atoms with Crippen molar-refractivity contribution in [2.45, 2.75) is 38.2 Å². The molecule has 1 saturated heterocycles. The molecule has 0 amide bonds. The van der Waals surface area contributed by atoms with Crippen molar-refractivity contribution in [3.05, 3.63) is 0 Å². The Labute approximate surface area is 93.0 Å². The monoisotopic (exact) mass is 212 g/mol. The standard InChI is InChI=1S/C12H24N2O/c1-15-11-3-7-14(9-11)8-6-12(10-13)4-2-5-12/h11H,2-10,13H2,1H3. The topological polar surface area (TPSA) is 38.5 Å². The molecular weight excluding hydrogens is 188 g/mol. The molecule has 3 nitrogen and oxygen atoms in total. The average Bonchev–Trinajstić information content (AvgIpc) is 2.65. The first-order chi connectivity index (χ1) is 7.28. The molecule has 1 aliphatic heterocycles. The molecular formula is C12H24N2O. The molecule has 2 N–H and O–H groups in total. The predicted octanol–water partition coefficient (Wildman–Crippen LogP) is 1.23. The van der Waals surface area contributed by atoms with E-state index in [0.29, 0.717) is 11.5 Å². The van der Waals surface area contributed by atoms with Crippen LogP contribution in [0, 0.1) is 5.41 Å². The van der Waals surface area contributed by atoms with Gasteiger partial charge in [-0.1, -0.05) is 6.42 Å². The molecule has 0 bridgehead atoms. The Hall–Kier alpha value is -0.120. The van der Waals surface area contributed by atoms with Crippen LogP contribution < -0.4 is 5.73 Å². The average molecular weight is 212 g/mol. The summed E-state index contributed by atoms with van der Waals surface area (Å²) in [7, 11) is 1.82. The zero-order chi connectivity index (χ0) is 10.7. The highest BCUT2D eigenvalue weighted by Crippen LogP contribution is 2.43. The lowest BCUT2D eigenvalue weighted by molar-refractivity contribution is 0.0915. The smallest absolute Gasteiger partial charge is 0.0710 e. The highest BCUT2D eigenvalue weighted by Gasteiger charge is 2.36. The van der Waals surface area contributed by atoms with Crippen molar-refractivity contribution in [3.8, 4) is 0 Å². The third kappa shape index (κ3) is 2.52. The van der Waals surface area contributed by atoms with Gasteiger partial charge in [0, 0.05) is 20.2 Å². The van der Waals surface area contributed by atoms with Gasteiger partial charge in [-0.25, -0.2) is 0 Å². The maximum Gasteiger partial charge on any atom is 0.0710 e. The highest BCUT2D eigenvalue weighted by atomic mass is 16.5. The number of likely N-dealkylation sites (tertiary alicyclic amines) is 1. The molecule has 1 unspecified atom stereocenters. The lowest BCUT2D eigenvalue weighted by atomic mass is 9.66. The molecule has 0 aromatic carbocycles. The van der Waals surface area contributed by atoms with Gasteiger partial charge in [-0.05, 0) is 44.2 Å². The van der Waals surface area contributed by atoms with E-state index in [4.69, 9.17) is 10.5 Å². The first kappa shape index (κ1) is 11.4. The minimum Gasteiger partial charge on any atom is -0.380 e. The lowest BCUT2D eigenvalue weighted by Crippen LogP contribution is -2.40. The van der Waals surface area contributed by atoms with Gasteiger partial charge in [0.2, 0.25) is 0 Å². The maximum absolute atomic E-state index is 5.86. The zero-order valence-electron chi connectivity index (χ0n) is 9.87. The molecule has 2 rings (SSSR count). The first-order valence-electron chi connectivity index (χ1n) is 6.23. The van der Waals surface area contributed by atoms with Crippen LogP contribution in [0.1, 0.15) is 32.1 Å². The molecule has 0 aromatic heterocycles. The summed E-state index contributed by atoms with van der Waals surface area (Å²) in [5.41, 5.74) is 6.37. The summed E-state index contributed by atoms with van der Waals surface area (Å²) in [5.74, 6) is 0. The predicted molar refractivity (Wildman–Crippen MR) is 61.8 cm³/mol. The number of ether oxygens (including phenoxy) is 1. The molecule has 0 spiro atoms. The van der Waals surface area contributed by atoms with Gasteiger partial charge in [0.05, 0.1) is 6.10 Å². The van der Waals surface area contributed by atoms with E-state index in [1.807, 2.05) is 7.11 Å². The van der Waals surface area contributed by atoms with Gasteiger partial charge in [-0.15, -0.1) is 0 Å². The zero-order valence-corrected chi connectivity index (χ0v) is 9.87. The Morgan fingerprint density at radius 1 is 1.47 bits per heavy atom. The summed E-state index contributed by atoms with van der Waals surface area (Å²) in [4.78, 5) is 2.53. The molecule has 0 radical (unpaired) electrons. The Balaban J connectivity index is 1.69. The van der Waals surface area contributed by atoms with E-state index < -0.39 is 0 Å². The van der Waals surface area contributed by atoms with Gasteiger partial charge in [0.15, 0.2) is 0 Å². The van der Waals surface area contributed by atoms with Crippen LogP contribution in [0.15, 0.2) is 0 Å². The van der Waals surface area contributed by atoms with E-state index in [0.717, 1.165) is 13.1 Å². The number of nitrogens with zero attached hydrogens (tertiary/aromatic N) is 1. The van der Waals surface area contributed by atoms with E-state index >= 15 is 0 Å². The molecule has 2 fully saturated rings. The summed E-state index contributed by atoms with van der Waals surface area (Å²) in [6, 6.07) is 0. The van der Waals surface area contributed by atoms with Crippen molar-refractivity contribution in [1.82, 2.24) is 4.90 Å². The summed E-state index contributed by atoms with van der Waals surface area (Å²) in [5, 5.41) is 0. The third-order valence-corrected chi connectivity index (χ3v) is 4.37. The Morgan fingerprint density at radius 2 is 2.27 bits per heavy atom. The van der Waals surface area contributed by atoms with E-state index in [1.54, 1.807) is 0 Å². The molecule has 1 aliphatic carbocycles. The van der Waals surface area contributed by atoms with Gasteiger partial charge in [0.25, 0.3) is 0 Å². The fraction of sp³-hybridized carbons (Fsp3) is 1.00. The Bertz CT molecular complexity index is 198. The van der Waals surface area contributed by atoms with E-state index in [2.05, 4.69) is 4.90 Å². The van der Waals surface area contributed by atoms with Crippen LogP contribution >= 0.6 is 0 Å². The number of hydrogen-bond donors (Lipinski definition) is 1. The summed E-state index contributed by atoms with van der Waals surface area (Å²) < 4.78 is 5.37. The molecule has 15 heavy (non-hydrogen) atoms. The molecule has 1 heterocycles. The van der Waals surface area contributed by atoms with Gasteiger partial charge in [-0.2, -0.15) is 0 Å². The summed E-state index contributed by atoms with van der Waals surface area (Å²) >= 11 is 0. The summed E-state index contributed by atoms with van der Waals surface area (Å²) in [6.07, 6.45) is 7.06. The third-order valence-electron chi connectivity index (χ3n) is 4.37. The second-order valence-corrected chi connectivity index (χ2v) is 5.25. The Kier molecular flexibility index (Phi) is 3.65. The van der Waals surface area contributed by atoms with Gasteiger partial charge < -0.3 is 15.4 Å². The van der Waals surface area contributed by atoms with E-state index in [-0.39, 0.29) is 0 Å². The molecule has 1 saturated carbocycles. The fourth-order valence-electron chi connectivity index (χ4n) is 2.82. The molecule has 0 aromatic rings. The van der Waals surface area contributed by atoms with Gasteiger partial charge in [-0.3, -0.25) is 0 Å². The number of rotatable bonds is 5. The summed E-state index contributed by atoms with van der Waals surface area (Å²) in [6.45, 7) is 4.43. The normalized spacial score (nSPS) is 30.4. The van der Waals surface area contributed by atoms with Crippen LogP contribution in [-0.2, 0) is 4.74 Å². The fourth-order valence-corrected chi connectivity index (χ4v) is 2.82. The van der Waals surface area contributed by atoms with Gasteiger partial charge in [0.1, 0.15) is 0 Å². The van der Waals surface area contributed by atoms with Crippen molar-refractivity contribution < 1.29 is 4.74 Å². The van der Waals surface area contributed by atoms with Crippen molar-refractivity contribution in [2.75, 3.05) is 33.3 Å². The SMILES string of the molecule is COC1CCN(CCC2(CN)CCC2)C1. The number of hydrogen-bond acceptors (Lipinski definition) is 3. The van der Waals surface area contributed by atoms with Crippen LogP contribution in [0.25, 0.3) is 0 Å². The number of methoxy groups -OCH3 is 1. The molecule has 1 atom stereocenters. The largest absolute Gasteiger partial charge is 0.380 e. The van der Waals surface area contributed by atoms with Gasteiger partial charge >= 0.3 is 0 Å². The van der Waals surface area contributed by atoms with Crippen LogP contribution in [0.2, 0.25) is 0 Å². The molecule has 88 valence electrons. The van der Waals surface area contributed by atoms with Crippen molar-refractivity contribution in [1.29, 1.82) is 0 Å². The first-order valence-corrected chi connectivity index (χ1v) is 6.23. The lowest BCUT2D eigenvalue weighted by Gasteiger charge is -2.42. The van der Waals surface area contributed by atoms with E-state index in [9.17, 15) is 0 Å². The van der Waals surface area contributed by atoms with E-state index in [1.165, 1.54) is 45.2 Å². The molecule has 2 aliphatic rings. The van der Waals surface area contributed by atoms with Crippen molar-refractivity contribution in [3.63, 3.8) is 0 Å².